The van der Waals surface area contributed by atoms with Crippen LogP contribution < -0.4 is 0 Å². The first-order valence-corrected chi connectivity index (χ1v) is 11.4. The second-order valence-electron chi connectivity index (χ2n) is 5.83. The molecule has 4 aromatic heterocycles. The lowest BCUT2D eigenvalue weighted by atomic mass is 10.2. The number of benzene rings is 1. The lowest BCUT2D eigenvalue weighted by Crippen LogP contribution is -1.99. The van der Waals surface area contributed by atoms with Crippen LogP contribution in [0.5, 0.6) is 0 Å². The van der Waals surface area contributed by atoms with Crippen molar-refractivity contribution in [3.8, 4) is 17.1 Å². The van der Waals surface area contributed by atoms with Crippen molar-refractivity contribution in [3.63, 3.8) is 0 Å². The summed E-state index contributed by atoms with van der Waals surface area (Å²) >= 11 is 4.65. The number of para-hydroxylation sites is 1. The van der Waals surface area contributed by atoms with Crippen LogP contribution in [-0.2, 0) is 0 Å². The van der Waals surface area contributed by atoms with E-state index < -0.39 is 0 Å². The number of rotatable bonds is 5. The largest absolute Gasteiger partial charge is 0.270 e. The number of pyridine rings is 1. The van der Waals surface area contributed by atoms with Crippen LogP contribution in [-0.4, -0.2) is 41.0 Å². The van der Waals surface area contributed by atoms with Gasteiger partial charge in [0.15, 0.2) is 15.8 Å². The number of fused-ring (bicyclic) bond motifs is 1. The first-order valence-electron chi connectivity index (χ1n) is 8.58. The van der Waals surface area contributed by atoms with Crippen LogP contribution in [0.4, 0.5) is 0 Å². The third kappa shape index (κ3) is 3.50. The molecule has 142 valence electrons. The van der Waals surface area contributed by atoms with Crippen molar-refractivity contribution in [1.82, 2.24) is 34.7 Å². The average Bonchev–Trinajstić information content (AvgIpc) is 3.39. The molecule has 0 N–H and O–H groups in total. The fourth-order valence-electron chi connectivity index (χ4n) is 2.79. The van der Waals surface area contributed by atoms with Gasteiger partial charge in [-0.1, -0.05) is 30.0 Å². The van der Waals surface area contributed by atoms with Crippen LogP contribution in [0.2, 0.25) is 0 Å². The Bertz CT molecular complexity index is 1270. The van der Waals surface area contributed by atoms with E-state index in [1.807, 2.05) is 53.3 Å². The minimum Gasteiger partial charge on any atom is -0.270 e. The van der Waals surface area contributed by atoms with Gasteiger partial charge in [0.25, 0.3) is 0 Å². The van der Waals surface area contributed by atoms with Crippen LogP contribution in [0.15, 0.2) is 75.7 Å². The number of hydrogen-bond donors (Lipinski definition) is 0. The molecule has 5 aromatic rings. The van der Waals surface area contributed by atoms with Crippen LogP contribution in [0, 0.1) is 0 Å². The molecule has 0 atom stereocenters. The van der Waals surface area contributed by atoms with Gasteiger partial charge in [0.1, 0.15) is 16.1 Å². The second-order valence-corrected chi connectivity index (χ2v) is 8.84. The van der Waals surface area contributed by atoms with E-state index in [2.05, 4.69) is 30.1 Å². The van der Waals surface area contributed by atoms with E-state index in [4.69, 9.17) is 0 Å². The van der Waals surface area contributed by atoms with E-state index in [9.17, 15) is 0 Å². The van der Waals surface area contributed by atoms with Crippen LogP contribution in [0.3, 0.4) is 0 Å². The zero-order chi connectivity index (χ0) is 19.6. The molecule has 5 rings (SSSR count). The standard InChI is InChI=1S/C19H13N7S3/c1-27-19-23-15-14(28-19)17(22-11-21-15)29-18-25-24-16(12-7-9-20-10-8-12)26(18)13-5-3-2-4-6-13/h2-11H,1H3. The Kier molecular flexibility index (Phi) is 4.96. The third-order valence-electron chi connectivity index (χ3n) is 4.09. The van der Waals surface area contributed by atoms with E-state index in [0.29, 0.717) is 5.65 Å². The summed E-state index contributed by atoms with van der Waals surface area (Å²) in [4.78, 5) is 17.4. The van der Waals surface area contributed by atoms with Gasteiger partial charge in [0, 0.05) is 23.6 Å². The monoisotopic (exact) mass is 435 g/mol. The highest BCUT2D eigenvalue weighted by molar-refractivity contribution is 8.00. The molecule has 0 bridgehead atoms. The van der Waals surface area contributed by atoms with Crippen molar-refractivity contribution >= 4 is 45.2 Å². The average molecular weight is 436 g/mol. The number of thiazole rings is 1. The van der Waals surface area contributed by atoms with E-state index in [0.717, 1.165) is 36.3 Å². The fraction of sp³-hybridized carbons (Fsp3) is 0.0526. The summed E-state index contributed by atoms with van der Waals surface area (Å²) in [5.74, 6) is 0.750. The molecular formula is C19H13N7S3. The number of thioether (sulfide) groups is 1. The highest BCUT2D eigenvalue weighted by Gasteiger charge is 2.19. The molecule has 0 saturated heterocycles. The quantitative estimate of drug-likeness (QED) is 0.293. The SMILES string of the molecule is CSc1nc2ncnc(Sc3nnc(-c4ccncc4)n3-c3ccccc3)c2s1. The van der Waals surface area contributed by atoms with Gasteiger partial charge in [0.2, 0.25) is 5.16 Å². The molecule has 0 radical (unpaired) electrons. The fourth-order valence-corrected chi connectivity index (χ4v) is 5.26. The summed E-state index contributed by atoms with van der Waals surface area (Å²) in [7, 11) is 0. The summed E-state index contributed by atoms with van der Waals surface area (Å²) in [5.41, 5.74) is 2.63. The maximum Gasteiger partial charge on any atom is 0.202 e. The lowest BCUT2D eigenvalue weighted by molar-refractivity contribution is 0.883. The first-order chi connectivity index (χ1) is 14.3. The second kappa shape index (κ2) is 7.90. The molecule has 0 fully saturated rings. The van der Waals surface area contributed by atoms with Crippen LogP contribution >= 0.6 is 34.9 Å². The number of aromatic nitrogens is 7. The first kappa shape index (κ1) is 18.2. The molecule has 1 aromatic carbocycles. The zero-order valence-corrected chi connectivity index (χ0v) is 17.6. The Balaban J connectivity index is 1.65. The summed E-state index contributed by atoms with van der Waals surface area (Å²) in [5, 5.41) is 10.5. The molecule has 10 heteroatoms. The molecule has 0 unspecified atom stereocenters. The van der Waals surface area contributed by atoms with Crippen LogP contribution in [0.1, 0.15) is 0 Å². The van der Waals surface area contributed by atoms with Gasteiger partial charge in [-0.05, 0) is 42.3 Å². The summed E-state index contributed by atoms with van der Waals surface area (Å²) in [6, 6.07) is 13.9. The Morgan fingerprint density at radius 3 is 2.59 bits per heavy atom. The smallest absolute Gasteiger partial charge is 0.202 e. The Labute approximate surface area is 178 Å². The molecule has 4 heterocycles. The molecular weight excluding hydrogens is 422 g/mol. The minimum absolute atomic E-state index is 0.706. The summed E-state index contributed by atoms with van der Waals surface area (Å²) < 4.78 is 3.95. The van der Waals surface area contributed by atoms with Crippen molar-refractivity contribution in [2.45, 2.75) is 14.5 Å². The molecule has 0 aliphatic rings. The normalized spacial score (nSPS) is 11.2. The highest BCUT2D eigenvalue weighted by atomic mass is 32.2. The van der Waals surface area contributed by atoms with Gasteiger partial charge in [-0.25, -0.2) is 15.0 Å². The molecule has 0 aliphatic carbocycles. The summed E-state index contributed by atoms with van der Waals surface area (Å²) in [6.07, 6.45) is 7.05. The van der Waals surface area contributed by atoms with Gasteiger partial charge in [-0.2, -0.15) is 0 Å². The predicted molar refractivity (Wildman–Crippen MR) is 116 cm³/mol. The molecule has 7 nitrogen and oxygen atoms in total. The molecule has 0 spiro atoms. The van der Waals surface area contributed by atoms with E-state index in [-0.39, 0.29) is 0 Å². The lowest BCUT2D eigenvalue weighted by Gasteiger charge is -2.10. The maximum absolute atomic E-state index is 4.53. The van der Waals surface area contributed by atoms with Crippen molar-refractivity contribution in [2.24, 2.45) is 0 Å². The van der Waals surface area contributed by atoms with Gasteiger partial charge < -0.3 is 0 Å². The van der Waals surface area contributed by atoms with E-state index in [1.165, 1.54) is 11.8 Å². The van der Waals surface area contributed by atoms with E-state index >= 15 is 0 Å². The van der Waals surface area contributed by atoms with E-state index in [1.54, 1.807) is 41.8 Å². The zero-order valence-electron chi connectivity index (χ0n) is 15.1. The molecule has 0 saturated carbocycles. The van der Waals surface area contributed by atoms with Gasteiger partial charge in [-0.3, -0.25) is 9.55 Å². The minimum atomic E-state index is 0.706. The Morgan fingerprint density at radius 1 is 0.966 bits per heavy atom. The Morgan fingerprint density at radius 2 is 1.79 bits per heavy atom. The molecule has 0 amide bonds. The molecule has 0 aliphatic heterocycles. The van der Waals surface area contributed by atoms with Gasteiger partial charge in [0.05, 0.1) is 0 Å². The van der Waals surface area contributed by atoms with Gasteiger partial charge >= 0.3 is 0 Å². The molecule has 29 heavy (non-hydrogen) atoms. The third-order valence-corrected chi connectivity index (χ3v) is 7.20. The predicted octanol–water partition coefficient (Wildman–Crippen LogP) is 4.60. The van der Waals surface area contributed by atoms with Crippen molar-refractivity contribution in [2.75, 3.05) is 6.26 Å². The van der Waals surface area contributed by atoms with Crippen molar-refractivity contribution in [3.05, 3.63) is 61.2 Å². The highest BCUT2D eigenvalue weighted by Crippen LogP contribution is 2.37. The van der Waals surface area contributed by atoms with Crippen molar-refractivity contribution in [1.29, 1.82) is 0 Å². The van der Waals surface area contributed by atoms with Gasteiger partial charge in [-0.15, -0.1) is 21.5 Å². The topological polar surface area (TPSA) is 82.3 Å². The summed E-state index contributed by atoms with van der Waals surface area (Å²) in [6.45, 7) is 0. The number of hydrogen-bond acceptors (Lipinski definition) is 9. The van der Waals surface area contributed by atoms with Crippen LogP contribution in [0.25, 0.3) is 27.4 Å². The Hall–Kier alpha value is -2.82. The number of nitrogens with zero attached hydrogens (tertiary/aromatic N) is 7. The van der Waals surface area contributed by atoms with Crippen molar-refractivity contribution < 1.29 is 0 Å². The maximum atomic E-state index is 4.53.